The van der Waals surface area contributed by atoms with Crippen LogP contribution >= 0.6 is 0 Å². The fourth-order valence-electron chi connectivity index (χ4n) is 1.58. The van der Waals surface area contributed by atoms with E-state index in [-0.39, 0.29) is 16.2 Å². The lowest BCUT2D eigenvalue weighted by Crippen LogP contribution is -2.11. The number of rotatable bonds is 2. The first-order valence-corrected chi connectivity index (χ1v) is 6.54. The van der Waals surface area contributed by atoms with Crippen LogP contribution in [0.15, 0.2) is 47.4 Å². The van der Waals surface area contributed by atoms with Crippen molar-refractivity contribution in [2.75, 3.05) is 0 Å². The van der Waals surface area contributed by atoms with E-state index in [1.807, 2.05) is 0 Å². The molecule has 2 aromatic rings. The number of aromatic hydroxyl groups is 1. The van der Waals surface area contributed by atoms with Gasteiger partial charge in [0.2, 0.25) is 10.0 Å². The Morgan fingerprint density at radius 1 is 1.11 bits per heavy atom. The zero-order valence-electron chi connectivity index (χ0n) is 9.17. The molecular formula is C12H10FNO3S. The van der Waals surface area contributed by atoms with Crippen molar-refractivity contribution in [3.8, 4) is 16.9 Å². The summed E-state index contributed by atoms with van der Waals surface area (Å²) >= 11 is 0. The molecule has 0 heterocycles. The zero-order valence-corrected chi connectivity index (χ0v) is 9.99. The molecule has 0 saturated carbocycles. The van der Waals surface area contributed by atoms with Gasteiger partial charge < -0.3 is 5.11 Å². The normalized spacial score (nSPS) is 11.4. The first-order valence-electron chi connectivity index (χ1n) is 5.00. The molecule has 0 aliphatic rings. The molecule has 3 N–H and O–H groups in total. The molecule has 0 bridgehead atoms. The molecule has 0 atom stereocenters. The molecule has 2 aromatic carbocycles. The number of sulfonamides is 1. The largest absolute Gasteiger partial charge is 0.508 e. The third-order valence-corrected chi connectivity index (χ3v) is 3.33. The van der Waals surface area contributed by atoms with Crippen molar-refractivity contribution in [3.05, 3.63) is 48.3 Å². The fraction of sp³-hybridized carbons (Fsp3) is 0. The zero-order chi connectivity index (χ0) is 13.3. The van der Waals surface area contributed by atoms with E-state index in [0.717, 1.165) is 6.07 Å². The first-order chi connectivity index (χ1) is 8.38. The minimum atomic E-state index is -3.84. The standard InChI is InChI=1S/C12H10FNO3S/c13-12-5-4-9(15)7-11(12)8-2-1-3-10(6-8)18(14,16)17/h1-7,15H,(H2,14,16,17). The number of phenols is 1. The smallest absolute Gasteiger partial charge is 0.238 e. The molecule has 2 rings (SSSR count). The molecule has 0 aliphatic carbocycles. The fourth-order valence-corrected chi connectivity index (χ4v) is 2.13. The molecule has 94 valence electrons. The number of hydrogen-bond donors (Lipinski definition) is 2. The highest BCUT2D eigenvalue weighted by molar-refractivity contribution is 7.89. The summed E-state index contributed by atoms with van der Waals surface area (Å²) in [4.78, 5) is -0.109. The van der Waals surface area contributed by atoms with Gasteiger partial charge >= 0.3 is 0 Å². The SMILES string of the molecule is NS(=O)(=O)c1cccc(-c2cc(O)ccc2F)c1. The molecule has 6 heteroatoms. The molecule has 0 aromatic heterocycles. The van der Waals surface area contributed by atoms with Crippen molar-refractivity contribution in [2.45, 2.75) is 4.90 Å². The number of phenolic OH excluding ortho intramolecular Hbond substituents is 1. The van der Waals surface area contributed by atoms with Gasteiger partial charge in [-0.1, -0.05) is 12.1 Å². The Morgan fingerprint density at radius 2 is 1.83 bits per heavy atom. The van der Waals surface area contributed by atoms with Crippen LogP contribution in [0.3, 0.4) is 0 Å². The predicted octanol–water partition coefficient (Wildman–Crippen LogP) is 1.85. The van der Waals surface area contributed by atoms with Gasteiger partial charge in [0.1, 0.15) is 11.6 Å². The van der Waals surface area contributed by atoms with Gasteiger partial charge in [-0.3, -0.25) is 0 Å². The summed E-state index contributed by atoms with van der Waals surface area (Å²) in [5.74, 6) is -0.660. The van der Waals surface area contributed by atoms with Crippen LogP contribution in [0.5, 0.6) is 5.75 Å². The first kappa shape index (κ1) is 12.5. The third-order valence-electron chi connectivity index (χ3n) is 2.42. The lowest BCUT2D eigenvalue weighted by molar-refractivity contribution is 0.473. The maximum Gasteiger partial charge on any atom is 0.238 e. The van der Waals surface area contributed by atoms with Crippen molar-refractivity contribution in [1.82, 2.24) is 0 Å². The minimum absolute atomic E-state index is 0.104. The van der Waals surface area contributed by atoms with Gasteiger partial charge in [0, 0.05) is 5.56 Å². The molecule has 18 heavy (non-hydrogen) atoms. The van der Waals surface area contributed by atoms with Gasteiger partial charge in [-0.25, -0.2) is 17.9 Å². The summed E-state index contributed by atoms with van der Waals surface area (Å²) in [5.41, 5.74) is 0.440. The van der Waals surface area contributed by atoms with Crippen molar-refractivity contribution in [3.63, 3.8) is 0 Å². The number of halogens is 1. The van der Waals surface area contributed by atoms with E-state index in [4.69, 9.17) is 5.14 Å². The highest BCUT2D eigenvalue weighted by Gasteiger charge is 2.11. The highest BCUT2D eigenvalue weighted by Crippen LogP contribution is 2.27. The van der Waals surface area contributed by atoms with Crippen LogP contribution in [0, 0.1) is 5.82 Å². The van der Waals surface area contributed by atoms with Crippen molar-refractivity contribution >= 4 is 10.0 Å². The molecule has 0 spiro atoms. The topological polar surface area (TPSA) is 80.4 Å². The maximum atomic E-state index is 13.6. The molecule has 4 nitrogen and oxygen atoms in total. The lowest BCUT2D eigenvalue weighted by atomic mass is 10.1. The van der Waals surface area contributed by atoms with Crippen LogP contribution in [-0.2, 0) is 10.0 Å². The van der Waals surface area contributed by atoms with Gasteiger partial charge in [-0.15, -0.1) is 0 Å². The summed E-state index contributed by atoms with van der Waals surface area (Å²) < 4.78 is 36.0. The second-order valence-corrected chi connectivity index (χ2v) is 5.30. The molecule has 0 saturated heterocycles. The summed E-state index contributed by atoms with van der Waals surface area (Å²) in [6, 6.07) is 9.10. The Labute approximate surface area is 104 Å². The summed E-state index contributed by atoms with van der Waals surface area (Å²) in [5, 5.41) is 14.3. The van der Waals surface area contributed by atoms with Crippen LogP contribution in [0.4, 0.5) is 4.39 Å². The van der Waals surface area contributed by atoms with E-state index in [9.17, 15) is 17.9 Å². The lowest BCUT2D eigenvalue weighted by Gasteiger charge is -2.06. The third kappa shape index (κ3) is 2.49. The van der Waals surface area contributed by atoms with Gasteiger partial charge in [0.15, 0.2) is 0 Å². The van der Waals surface area contributed by atoms with E-state index >= 15 is 0 Å². The van der Waals surface area contributed by atoms with E-state index in [2.05, 4.69) is 0 Å². The second kappa shape index (κ2) is 4.40. The predicted molar refractivity (Wildman–Crippen MR) is 64.9 cm³/mol. The van der Waals surface area contributed by atoms with E-state index in [0.29, 0.717) is 5.56 Å². The van der Waals surface area contributed by atoms with Crippen LogP contribution in [0.1, 0.15) is 0 Å². The van der Waals surface area contributed by atoms with E-state index < -0.39 is 15.8 Å². The Bertz CT molecular complexity index is 698. The van der Waals surface area contributed by atoms with Crippen LogP contribution < -0.4 is 5.14 Å². The van der Waals surface area contributed by atoms with Gasteiger partial charge in [-0.05, 0) is 35.9 Å². The number of primary sulfonamides is 1. The summed E-state index contributed by atoms with van der Waals surface area (Å²) in [6.07, 6.45) is 0. The number of hydrogen-bond acceptors (Lipinski definition) is 3. The highest BCUT2D eigenvalue weighted by atomic mass is 32.2. The average Bonchev–Trinajstić information content (AvgIpc) is 2.31. The van der Waals surface area contributed by atoms with Crippen LogP contribution in [-0.4, -0.2) is 13.5 Å². The molecule has 0 radical (unpaired) electrons. The van der Waals surface area contributed by atoms with Crippen molar-refractivity contribution in [2.24, 2.45) is 5.14 Å². The van der Waals surface area contributed by atoms with E-state index in [1.165, 1.54) is 36.4 Å². The van der Waals surface area contributed by atoms with Crippen LogP contribution in [0.25, 0.3) is 11.1 Å². The minimum Gasteiger partial charge on any atom is -0.508 e. The molecule has 0 aliphatic heterocycles. The van der Waals surface area contributed by atoms with Gasteiger partial charge in [0.25, 0.3) is 0 Å². The summed E-state index contributed by atoms with van der Waals surface area (Å²) in [7, 11) is -3.84. The van der Waals surface area contributed by atoms with Crippen LogP contribution in [0.2, 0.25) is 0 Å². The average molecular weight is 267 g/mol. The Hall–Kier alpha value is -1.92. The monoisotopic (exact) mass is 267 g/mol. The number of benzene rings is 2. The maximum absolute atomic E-state index is 13.6. The second-order valence-electron chi connectivity index (χ2n) is 3.74. The Kier molecular flexibility index (Phi) is 3.06. The summed E-state index contributed by atoms with van der Waals surface area (Å²) in [6.45, 7) is 0. The van der Waals surface area contributed by atoms with Gasteiger partial charge in [-0.2, -0.15) is 0 Å². The quantitative estimate of drug-likeness (QED) is 0.871. The van der Waals surface area contributed by atoms with E-state index in [1.54, 1.807) is 0 Å². The molecule has 0 unspecified atom stereocenters. The molecular weight excluding hydrogens is 257 g/mol. The Balaban J connectivity index is 2.62. The molecule has 0 amide bonds. The van der Waals surface area contributed by atoms with Gasteiger partial charge in [0.05, 0.1) is 4.90 Å². The van der Waals surface area contributed by atoms with Crippen molar-refractivity contribution in [1.29, 1.82) is 0 Å². The molecule has 0 fully saturated rings. The van der Waals surface area contributed by atoms with Crippen molar-refractivity contribution < 1.29 is 17.9 Å². The number of nitrogens with two attached hydrogens (primary N) is 1. The Morgan fingerprint density at radius 3 is 2.50 bits per heavy atom.